The summed E-state index contributed by atoms with van der Waals surface area (Å²) >= 11 is 0. The van der Waals surface area contributed by atoms with Gasteiger partial charge in [0.1, 0.15) is 5.60 Å². The van der Waals surface area contributed by atoms with Gasteiger partial charge in [0.2, 0.25) is 0 Å². The topological polar surface area (TPSA) is 46.6 Å². The van der Waals surface area contributed by atoms with E-state index in [1.165, 1.54) is 11.0 Å². The molecule has 0 aromatic heterocycles. The summed E-state index contributed by atoms with van der Waals surface area (Å²) in [5, 5.41) is 0. The fourth-order valence-electron chi connectivity index (χ4n) is 1.29. The molecule has 1 atom stereocenters. The lowest BCUT2D eigenvalue weighted by Crippen LogP contribution is -2.47. The van der Waals surface area contributed by atoms with E-state index in [-0.39, 0.29) is 5.78 Å². The number of ether oxygens (including phenoxy) is 1. The van der Waals surface area contributed by atoms with Crippen molar-refractivity contribution in [1.29, 1.82) is 0 Å². The molecule has 0 aliphatic carbocycles. The zero-order valence-electron chi connectivity index (χ0n) is 9.61. The van der Waals surface area contributed by atoms with Crippen molar-refractivity contribution in [2.24, 2.45) is 0 Å². The molecule has 4 nitrogen and oxygen atoms in total. The molecule has 0 aromatic carbocycles. The van der Waals surface area contributed by atoms with Crippen LogP contribution in [-0.4, -0.2) is 35.0 Å². The number of ketones is 1. The molecule has 0 radical (unpaired) electrons. The summed E-state index contributed by atoms with van der Waals surface area (Å²) in [7, 11) is 0. The van der Waals surface area contributed by atoms with E-state index in [2.05, 4.69) is 0 Å². The van der Waals surface area contributed by atoms with E-state index >= 15 is 0 Å². The van der Waals surface area contributed by atoms with Crippen molar-refractivity contribution < 1.29 is 14.3 Å². The van der Waals surface area contributed by atoms with Gasteiger partial charge >= 0.3 is 6.09 Å². The molecule has 0 bridgehead atoms. The van der Waals surface area contributed by atoms with Gasteiger partial charge in [0.05, 0.1) is 6.04 Å². The molecule has 0 N–H and O–H groups in total. The van der Waals surface area contributed by atoms with Crippen LogP contribution in [0.3, 0.4) is 0 Å². The summed E-state index contributed by atoms with van der Waals surface area (Å²) < 4.78 is 5.20. The number of carbonyl (C=O) groups excluding carboxylic acids is 2. The average Bonchev–Trinajstić information content (AvgIpc) is 2.06. The maximum atomic E-state index is 11.7. The van der Waals surface area contributed by atoms with Crippen molar-refractivity contribution in [3.05, 3.63) is 12.2 Å². The van der Waals surface area contributed by atoms with E-state index in [1.54, 1.807) is 33.8 Å². The molecule has 0 saturated heterocycles. The van der Waals surface area contributed by atoms with Gasteiger partial charge in [-0.05, 0) is 33.8 Å². The van der Waals surface area contributed by atoms with E-state index in [0.717, 1.165) is 0 Å². The van der Waals surface area contributed by atoms with Gasteiger partial charge in [0.25, 0.3) is 0 Å². The Morgan fingerprint density at radius 2 is 2.13 bits per heavy atom. The van der Waals surface area contributed by atoms with Gasteiger partial charge in [-0.15, -0.1) is 0 Å². The first-order valence-electron chi connectivity index (χ1n) is 5.01. The second-order valence-corrected chi connectivity index (χ2v) is 4.61. The minimum absolute atomic E-state index is 0.0629. The molecule has 1 amide bonds. The zero-order valence-corrected chi connectivity index (χ0v) is 9.61. The monoisotopic (exact) mass is 211 g/mol. The lowest BCUT2D eigenvalue weighted by Gasteiger charge is -2.31. The molecule has 0 saturated carbocycles. The average molecular weight is 211 g/mol. The Balaban J connectivity index is 2.69. The fraction of sp³-hybridized carbons (Fsp3) is 0.636. The molecule has 1 aliphatic rings. The SMILES string of the molecule is CC1C(=O)C=CCN1C(=O)OC(C)(C)C. The maximum absolute atomic E-state index is 11.7. The molecule has 0 fully saturated rings. The third-order valence-electron chi connectivity index (χ3n) is 2.09. The van der Waals surface area contributed by atoms with Crippen molar-refractivity contribution in [3.63, 3.8) is 0 Å². The van der Waals surface area contributed by atoms with E-state index < -0.39 is 17.7 Å². The standard InChI is InChI=1S/C11H17NO3/c1-8-9(13)6-5-7-12(8)10(14)15-11(2,3)4/h5-6,8H,7H2,1-4H3. The predicted octanol–water partition coefficient (Wildman–Crippen LogP) is 1.75. The molecule has 84 valence electrons. The molecule has 4 heteroatoms. The first-order chi connectivity index (χ1) is 6.81. The van der Waals surface area contributed by atoms with Gasteiger partial charge < -0.3 is 4.74 Å². The van der Waals surface area contributed by atoms with Crippen LogP contribution in [0.1, 0.15) is 27.7 Å². The molecule has 0 aromatic rings. The van der Waals surface area contributed by atoms with Crippen LogP contribution < -0.4 is 0 Å². The van der Waals surface area contributed by atoms with Crippen LogP contribution in [0.2, 0.25) is 0 Å². The summed E-state index contributed by atoms with van der Waals surface area (Å²) in [5.74, 6) is -0.0629. The van der Waals surface area contributed by atoms with Gasteiger partial charge in [-0.3, -0.25) is 9.69 Å². The van der Waals surface area contributed by atoms with E-state index in [9.17, 15) is 9.59 Å². The Bertz CT molecular complexity index is 301. The fourth-order valence-corrected chi connectivity index (χ4v) is 1.29. The second kappa shape index (κ2) is 4.04. The first-order valence-corrected chi connectivity index (χ1v) is 5.01. The van der Waals surface area contributed by atoms with Crippen molar-refractivity contribution in [1.82, 2.24) is 4.90 Å². The largest absolute Gasteiger partial charge is 0.444 e. The summed E-state index contributed by atoms with van der Waals surface area (Å²) in [5.41, 5.74) is -0.527. The van der Waals surface area contributed by atoms with Crippen LogP contribution in [0, 0.1) is 0 Å². The Kier molecular flexibility index (Phi) is 3.17. The van der Waals surface area contributed by atoms with Gasteiger partial charge in [-0.1, -0.05) is 6.08 Å². The summed E-state index contributed by atoms with van der Waals surface area (Å²) in [4.78, 5) is 24.4. The third kappa shape index (κ3) is 3.08. The number of carbonyl (C=O) groups is 2. The van der Waals surface area contributed by atoms with Gasteiger partial charge in [0.15, 0.2) is 5.78 Å². The van der Waals surface area contributed by atoms with Crippen molar-refractivity contribution >= 4 is 11.9 Å². The minimum atomic E-state index is -0.527. The van der Waals surface area contributed by atoms with E-state index in [4.69, 9.17) is 4.74 Å². The summed E-state index contributed by atoms with van der Waals surface area (Å²) in [6.45, 7) is 7.54. The maximum Gasteiger partial charge on any atom is 0.411 e. The molecule has 1 aliphatic heterocycles. The van der Waals surface area contributed by atoms with Crippen molar-refractivity contribution in [2.45, 2.75) is 39.3 Å². The zero-order chi connectivity index (χ0) is 11.6. The van der Waals surface area contributed by atoms with Gasteiger partial charge in [0, 0.05) is 6.54 Å². The first kappa shape index (κ1) is 11.8. The Morgan fingerprint density at radius 3 is 2.67 bits per heavy atom. The van der Waals surface area contributed by atoms with Gasteiger partial charge in [-0.25, -0.2) is 4.79 Å². The van der Waals surface area contributed by atoms with Crippen LogP contribution in [-0.2, 0) is 9.53 Å². The van der Waals surface area contributed by atoms with Crippen LogP contribution in [0.4, 0.5) is 4.79 Å². The smallest absolute Gasteiger partial charge is 0.411 e. The molecule has 0 spiro atoms. The Labute approximate surface area is 89.9 Å². The molecule has 1 heterocycles. The van der Waals surface area contributed by atoms with Gasteiger partial charge in [-0.2, -0.15) is 0 Å². The molecular formula is C11H17NO3. The highest BCUT2D eigenvalue weighted by Gasteiger charge is 2.29. The lowest BCUT2D eigenvalue weighted by atomic mass is 10.1. The molecule has 15 heavy (non-hydrogen) atoms. The van der Waals surface area contributed by atoms with Crippen LogP contribution in [0.25, 0.3) is 0 Å². The number of amides is 1. The Morgan fingerprint density at radius 1 is 1.53 bits per heavy atom. The van der Waals surface area contributed by atoms with E-state index in [0.29, 0.717) is 6.54 Å². The van der Waals surface area contributed by atoms with Crippen molar-refractivity contribution in [2.75, 3.05) is 6.54 Å². The third-order valence-corrected chi connectivity index (χ3v) is 2.09. The molecule has 1 unspecified atom stereocenters. The highest BCUT2D eigenvalue weighted by molar-refractivity contribution is 5.97. The summed E-state index contributed by atoms with van der Waals surface area (Å²) in [6.07, 6.45) is 2.74. The summed E-state index contributed by atoms with van der Waals surface area (Å²) in [6, 6.07) is -0.426. The number of hydrogen-bond donors (Lipinski definition) is 0. The molecule has 1 rings (SSSR count). The highest BCUT2D eigenvalue weighted by Crippen LogP contribution is 2.14. The number of rotatable bonds is 0. The van der Waals surface area contributed by atoms with E-state index in [1.807, 2.05) is 0 Å². The number of nitrogens with zero attached hydrogens (tertiary/aromatic N) is 1. The quantitative estimate of drug-likeness (QED) is 0.613. The van der Waals surface area contributed by atoms with Crippen LogP contribution >= 0.6 is 0 Å². The molecular weight excluding hydrogens is 194 g/mol. The Hall–Kier alpha value is -1.32. The van der Waals surface area contributed by atoms with Crippen LogP contribution in [0.5, 0.6) is 0 Å². The predicted molar refractivity (Wildman–Crippen MR) is 56.5 cm³/mol. The van der Waals surface area contributed by atoms with Crippen LogP contribution in [0.15, 0.2) is 12.2 Å². The number of hydrogen-bond acceptors (Lipinski definition) is 3. The minimum Gasteiger partial charge on any atom is -0.444 e. The second-order valence-electron chi connectivity index (χ2n) is 4.61. The van der Waals surface area contributed by atoms with Crippen molar-refractivity contribution in [3.8, 4) is 0 Å². The normalized spacial score (nSPS) is 21.7. The lowest BCUT2D eigenvalue weighted by molar-refractivity contribution is -0.119. The highest BCUT2D eigenvalue weighted by atomic mass is 16.6.